The van der Waals surface area contributed by atoms with Gasteiger partial charge in [0.15, 0.2) is 0 Å². The van der Waals surface area contributed by atoms with Gasteiger partial charge in [0.25, 0.3) is 0 Å². The second-order valence-electron chi connectivity index (χ2n) is 8.97. The summed E-state index contributed by atoms with van der Waals surface area (Å²) in [5.41, 5.74) is 3.26. The Bertz CT molecular complexity index is 1140. The van der Waals surface area contributed by atoms with E-state index < -0.39 is 5.97 Å². The van der Waals surface area contributed by atoms with Crippen molar-refractivity contribution in [3.8, 4) is 22.6 Å². The molecule has 7 heteroatoms. The van der Waals surface area contributed by atoms with Crippen LogP contribution in [0.4, 0.5) is 0 Å². The molecule has 0 bridgehead atoms. The predicted octanol–water partition coefficient (Wildman–Crippen LogP) is 6.80. The van der Waals surface area contributed by atoms with Crippen LogP contribution in [0.1, 0.15) is 62.1 Å². The molecule has 0 aliphatic carbocycles. The summed E-state index contributed by atoms with van der Waals surface area (Å²) < 4.78 is 27.5. The van der Waals surface area contributed by atoms with Crippen LogP contribution in [-0.4, -0.2) is 45.0 Å². The summed E-state index contributed by atoms with van der Waals surface area (Å²) in [6.45, 7) is 8.63. The number of esters is 2. The second-order valence-corrected chi connectivity index (χ2v) is 8.97. The fourth-order valence-electron chi connectivity index (χ4n) is 3.65. The van der Waals surface area contributed by atoms with Gasteiger partial charge in [-0.05, 0) is 66.4 Å². The van der Waals surface area contributed by atoms with E-state index in [4.69, 9.17) is 23.7 Å². The van der Waals surface area contributed by atoms with Gasteiger partial charge in [-0.25, -0.2) is 4.79 Å². The lowest BCUT2D eigenvalue weighted by atomic mass is 10.0. The molecular formula is C32H38O7. The van der Waals surface area contributed by atoms with Gasteiger partial charge in [-0.1, -0.05) is 56.7 Å². The van der Waals surface area contributed by atoms with Gasteiger partial charge < -0.3 is 23.7 Å². The molecule has 0 heterocycles. The number of ether oxygens (including phenoxy) is 5. The summed E-state index contributed by atoms with van der Waals surface area (Å²) in [6.07, 6.45) is 2.16. The van der Waals surface area contributed by atoms with Gasteiger partial charge in [-0.15, -0.1) is 0 Å². The van der Waals surface area contributed by atoms with E-state index in [1.165, 1.54) is 0 Å². The van der Waals surface area contributed by atoms with Crippen molar-refractivity contribution < 1.29 is 33.3 Å². The van der Waals surface area contributed by atoms with Crippen molar-refractivity contribution in [2.24, 2.45) is 0 Å². The van der Waals surface area contributed by atoms with Gasteiger partial charge in [-0.2, -0.15) is 0 Å². The first-order valence-corrected chi connectivity index (χ1v) is 13.5. The SMILES string of the molecule is CCCCOCCOCCOc1ccc(-c2ccc(C(=O)Oc3ccc([C@@H](C)OC(=O)CC)cc3)cc2)cc1. The summed E-state index contributed by atoms with van der Waals surface area (Å²) >= 11 is 0. The van der Waals surface area contributed by atoms with Crippen molar-refractivity contribution in [2.45, 2.75) is 46.1 Å². The molecule has 0 aliphatic heterocycles. The Kier molecular flexibility index (Phi) is 12.5. The Hall–Kier alpha value is -3.68. The lowest BCUT2D eigenvalue weighted by Crippen LogP contribution is -2.11. The summed E-state index contributed by atoms with van der Waals surface area (Å²) in [4.78, 5) is 24.1. The Morgan fingerprint density at radius 3 is 1.87 bits per heavy atom. The third-order valence-electron chi connectivity index (χ3n) is 5.98. The topological polar surface area (TPSA) is 80.3 Å². The molecule has 0 saturated carbocycles. The number of carbonyl (C=O) groups excluding carboxylic acids is 2. The normalized spacial score (nSPS) is 11.6. The average Bonchev–Trinajstić information content (AvgIpc) is 2.97. The zero-order valence-corrected chi connectivity index (χ0v) is 23.0. The molecule has 0 spiro atoms. The molecule has 0 saturated heterocycles. The van der Waals surface area contributed by atoms with Gasteiger partial charge in [0.2, 0.25) is 0 Å². The molecule has 0 unspecified atom stereocenters. The molecule has 3 aromatic rings. The number of benzene rings is 3. The third-order valence-corrected chi connectivity index (χ3v) is 5.98. The van der Waals surface area contributed by atoms with E-state index >= 15 is 0 Å². The largest absolute Gasteiger partial charge is 0.491 e. The van der Waals surface area contributed by atoms with E-state index in [1.54, 1.807) is 50.2 Å². The van der Waals surface area contributed by atoms with Crippen molar-refractivity contribution in [1.82, 2.24) is 0 Å². The molecule has 7 nitrogen and oxygen atoms in total. The average molecular weight is 535 g/mol. The number of hydrogen-bond acceptors (Lipinski definition) is 7. The van der Waals surface area contributed by atoms with E-state index in [-0.39, 0.29) is 12.1 Å². The minimum Gasteiger partial charge on any atom is -0.491 e. The van der Waals surface area contributed by atoms with Crippen LogP contribution in [0.25, 0.3) is 11.1 Å². The van der Waals surface area contributed by atoms with Crippen molar-refractivity contribution in [1.29, 1.82) is 0 Å². The van der Waals surface area contributed by atoms with Crippen molar-refractivity contribution >= 4 is 11.9 Å². The van der Waals surface area contributed by atoms with Gasteiger partial charge in [0.05, 0.1) is 25.4 Å². The first kappa shape index (κ1) is 29.9. The van der Waals surface area contributed by atoms with Crippen LogP contribution in [0.3, 0.4) is 0 Å². The Morgan fingerprint density at radius 2 is 1.26 bits per heavy atom. The number of unbranched alkanes of at least 4 members (excludes halogenated alkanes) is 1. The van der Waals surface area contributed by atoms with E-state index in [1.807, 2.05) is 36.4 Å². The number of carbonyl (C=O) groups is 2. The molecule has 0 N–H and O–H groups in total. The van der Waals surface area contributed by atoms with Crippen molar-refractivity contribution in [2.75, 3.05) is 33.0 Å². The zero-order chi connectivity index (χ0) is 27.9. The van der Waals surface area contributed by atoms with Crippen molar-refractivity contribution in [3.63, 3.8) is 0 Å². The molecule has 0 fully saturated rings. The minimum atomic E-state index is -0.446. The molecule has 3 rings (SSSR count). The fraction of sp³-hybridized carbons (Fsp3) is 0.375. The van der Waals surface area contributed by atoms with Gasteiger partial charge >= 0.3 is 11.9 Å². The fourth-order valence-corrected chi connectivity index (χ4v) is 3.65. The first-order valence-electron chi connectivity index (χ1n) is 13.5. The first-order chi connectivity index (χ1) is 19.0. The summed E-state index contributed by atoms with van der Waals surface area (Å²) in [5, 5.41) is 0. The zero-order valence-electron chi connectivity index (χ0n) is 23.0. The quantitative estimate of drug-likeness (QED) is 0.114. The van der Waals surface area contributed by atoms with Crippen LogP contribution in [0.5, 0.6) is 11.5 Å². The van der Waals surface area contributed by atoms with Gasteiger partial charge in [-0.3, -0.25) is 4.79 Å². The number of rotatable bonds is 16. The highest BCUT2D eigenvalue weighted by molar-refractivity contribution is 5.91. The van der Waals surface area contributed by atoms with E-state index in [0.29, 0.717) is 44.2 Å². The van der Waals surface area contributed by atoms with Crippen LogP contribution in [0.2, 0.25) is 0 Å². The maximum Gasteiger partial charge on any atom is 0.343 e. The molecule has 0 aliphatic rings. The van der Waals surface area contributed by atoms with E-state index in [2.05, 4.69) is 6.92 Å². The molecular weight excluding hydrogens is 496 g/mol. The molecule has 208 valence electrons. The van der Waals surface area contributed by atoms with Crippen LogP contribution in [0.15, 0.2) is 72.8 Å². The Morgan fingerprint density at radius 1 is 0.692 bits per heavy atom. The highest BCUT2D eigenvalue weighted by atomic mass is 16.5. The standard InChI is InChI=1S/C32H38O7/c1-4-6-19-35-20-21-36-22-23-37-29-15-13-27(14-16-29)26-7-9-28(10-8-26)32(34)39-30-17-11-25(12-18-30)24(3)38-31(33)5-2/h7-18,24H,4-6,19-23H2,1-3H3/t24-/m1/s1. The minimum absolute atomic E-state index is 0.258. The monoisotopic (exact) mass is 534 g/mol. The van der Waals surface area contributed by atoms with Crippen molar-refractivity contribution in [3.05, 3.63) is 83.9 Å². The highest BCUT2D eigenvalue weighted by Gasteiger charge is 2.12. The maximum absolute atomic E-state index is 12.6. The van der Waals surface area contributed by atoms with Gasteiger partial charge in [0.1, 0.15) is 24.2 Å². The molecule has 0 aromatic heterocycles. The third kappa shape index (κ3) is 10.2. The lowest BCUT2D eigenvalue weighted by Gasteiger charge is -2.13. The molecule has 0 radical (unpaired) electrons. The second kappa shape index (κ2) is 16.3. The van der Waals surface area contributed by atoms with Crippen LogP contribution >= 0.6 is 0 Å². The van der Waals surface area contributed by atoms with Gasteiger partial charge in [0, 0.05) is 13.0 Å². The summed E-state index contributed by atoms with van der Waals surface area (Å²) in [5.74, 6) is 0.484. The molecule has 3 aromatic carbocycles. The van der Waals surface area contributed by atoms with Crippen LogP contribution < -0.4 is 9.47 Å². The van der Waals surface area contributed by atoms with E-state index in [0.717, 1.165) is 41.9 Å². The number of hydrogen-bond donors (Lipinski definition) is 0. The smallest absolute Gasteiger partial charge is 0.343 e. The van der Waals surface area contributed by atoms with E-state index in [9.17, 15) is 9.59 Å². The Labute approximate surface area is 231 Å². The lowest BCUT2D eigenvalue weighted by molar-refractivity contribution is -0.148. The Balaban J connectivity index is 1.43. The maximum atomic E-state index is 12.6. The molecule has 0 amide bonds. The predicted molar refractivity (Wildman–Crippen MR) is 150 cm³/mol. The summed E-state index contributed by atoms with van der Waals surface area (Å²) in [6, 6.07) is 22.0. The molecule has 1 atom stereocenters. The van der Waals surface area contributed by atoms with Crippen LogP contribution in [0, 0.1) is 0 Å². The molecule has 39 heavy (non-hydrogen) atoms. The van der Waals surface area contributed by atoms with Crippen LogP contribution in [-0.2, 0) is 19.0 Å². The summed E-state index contributed by atoms with van der Waals surface area (Å²) in [7, 11) is 0. The highest BCUT2D eigenvalue weighted by Crippen LogP contribution is 2.24.